The first-order valence-electron chi connectivity index (χ1n) is 39.9. The van der Waals surface area contributed by atoms with E-state index in [1.54, 1.807) is 33.4 Å². The van der Waals surface area contributed by atoms with E-state index in [1.807, 2.05) is 4.90 Å². The highest BCUT2D eigenvalue weighted by Crippen LogP contribution is 2.39. The van der Waals surface area contributed by atoms with Crippen LogP contribution in [0.1, 0.15) is 114 Å². The van der Waals surface area contributed by atoms with Crippen LogP contribution in [0.5, 0.6) is 23.0 Å². The molecule has 4 rings (SSSR count). The summed E-state index contributed by atoms with van der Waals surface area (Å²) in [5, 5.41) is 51.3. The number of methoxy groups -OCH3 is 2. The summed E-state index contributed by atoms with van der Waals surface area (Å²) in [5.41, 5.74) is -0.293. The molecule has 2 aromatic carbocycles. The van der Waals surface area contributed by atoms with Crippen LogP contribution in [0.4, 0.5) is 11.4 Å². The molecule has 10 N–H and O–H groups in total. The first-order valence-corrected chi connectivity index (χ1v) is 42.5. The zero-order valence-corrected chi connectivity index (χ0v) is 71.3. The van der Waals surface area contributed by atoms with Crippen molar-refractivity contribution in [2.75, 3.05) is 218 Å². The van der Waals surface area contributed by atoms with E-state index >= 15 is 0 Å². The number of nitro benzene ring substituents is 2. The van der Waals surface area contributed by atoms with E-state index in [4.69, 9.17) is 56.8 Å². The van der Waals surface area contributed by atoms with E-state index < -0.39 is 45.8 Å². The summed E-state index contributed by atoms with van der Waals surface area (Å²) in [6.45, 7) is 9.55. The number of ether oxygens (including phenoxy) is 12. The van der Waals surface area contributed by atoms with Gasteiger partial charge in [0.25, 0.3) is 11.4 Å². The van der Waals surface area contributed by atoms with Gasteiger partial charge in [-0.1, -0.05) is 0 Å². The van der Waals surface area contributed by atoms with Gasteiger partial charge in [0.1, 0.15) is 12.1 Å². The van der Waals surface area contributed by atoms with Crippen molar-refractivity contribution in [1.29, 1.82) is 0 Å². The third-order valence-electron chi connectivity index (χ3n) is 18.2. The molecule has 0 spiro atoms. The molecular weight excluding hydrogens is 1620 g/mol. The zero-order valence-electron chi connectivity index (χ0n) is 69.6. The second-order valence-electron chi connectivity index (χ2n) is 27.3. The molecule has 41 nitrogen and oxygen atoms in total. The van der Waals surface area contributed by atoms with Crippen LogP contribution in [-0.2, 0) is 95.4 Å². The van der Waals surface area contributed by atoms with E-state index in [-0.39, 0.29) is 297 Å². The van der Waals surface area contributed by atoms with Crippen LogP contribution in [0, 0.1) is 20.2 Å². The maximum Gasteiger partial charge on any atom is 0.278 e. The predicted octanol–water partition coefficient (Wildman–Crippen LogP) is 0.459. The van der Waals surface area contributed by atoms with Gasteiger partial charge in [-0.05, 0) is 58.4 Å². The second kappa shape index (κ2) is 61.4. The minimum absolute atomic E-state index is 0.00769. The Kier molecular flexibility index (Phi) is 53.0. The van der Waals surface area contributed by atoms with E-state index in [0.717, 1.165) is 0 Å². The van der Waals surface area contributed by atoms with E-state index in [9.17, 15) is 77.8 Å². The minimum Gasteiger partial charge on any atom is -0.493 e. The summed E-state index contributed by atoms with van der Waals surface area (Å²) >= 11 is 2.70. The van der Waals surface area contributed by atoms with Crippen molar-refractivity contribution in [2.24, 2.45) is 0 Å². The average molecular weight is 1740 g/mol. The number of ketones is 4. The first-order chi connectivity index (χ1) is 57.8. The Morgan fingerprint density at radius 2 is 0.700 bits per heavy atom. The van der Waals surface area contributed by atoms with Crippen LogP contribution in [0.15, 0.2) is 24.3 Å². The largest absolute Gasteiger partial charge is 0.493 e. The lowest BCUT2D eigenvalue weighted by Crippen LogP contribution is -2.41. The number of Topliss-reactive ketones (excluding diaryl/α,β-unsaturated/α-hetero) is 4. The number of amides is 8. The lowest BCUT2D eigenvalue weighted by molar-refractivity contribution is -0.386. The Morgan fingerprint density at radius 1 is 0.400 bits per heavy atom. The van der Waals surface area contributed by atoms with Crippen molar-refractivity contribution in [3.8, 4) is 23.0 Å². The van der Waals surface area contributed by atoms with Crippen LogP contribution >= 0.6 is 23.5 Å². The molecule has 0 heterocycles. The Hall–Kier alpha value is -8.86. The van der Waals surface area contributed by atoms with Crippen molar-refractivity contribution in [2.45, 2.75) is 126 Å². The standard InChI is InChI=1S/C77H121N13O28S2/c1-52(86-72(99)16-30-109-34-38-113-42-44-115-40-36-111-32-24-82-68(95)12-18-84-74-58(91)50-64(119-6)76(74)101)54-46-60(107-4)62(48-56(54)89(103)104)117-28-8-10-66(93)78-20-22-80-70(97)14-26-88(3)27-15-71(98)81-23-21-79-67(94)11-9-29-118-63-49-57(90(105)106)55(47-61(63)108-5)53(2)87-73(100)17-31-110-35-39-114-43-45-116-41-37-112-33-25-83-69(96)13-19-85-75-59(92)51-65(120-7)77(75)102/h46-49,52-53,64-65,74-75,84-85H,8-45,50-51H2,1-7H3,(H,78,93)(H,79,94)(H,80,97)(H,81,98)(H,82,95)(H,83,96)(H,86,99)(H,87,100). The van der Waals surface area contributed by atoms with Crippen LogP contribution < -0.4 is 72.1 Å². The number of carbonyl (C=O) groups excluding carboxylic acids is 12. The molecule has 2 aliphatic rings. The van der Waals surface area contributed by atoms with Gasteiger partial charge in [-0.25, -0.2) is 0 Å². The molecule has 674 valence electrons. The van der Waals surface area contributed by atoms with Crippen molar-refractivity contribution in [3.63, 3.8) is 0 Å². The van der Waals surface area contributed by atoms with Gasteiger partial charge >= 0.3 is 0 Å². The lowest BCUT2D eigenvalue weighted by Gasteiger charge is -2.18. The molecule has 0 aliphatic heterocycles. The number of rotatable bonds is 70. The number of nitro groups is 2. The number of benzene rings is 2. The summed E-state index contributed by atoms with van der Waals surface area (Å²) in [4.78, 5) is 173. The molecule has 6 unspecified atom stereocenters. The van der Waals surface area contributed by atoms with Gasteiger partial charge < -0.3 is 115 Å². The van der Waals surface area contributed by atoms with Gasteiger partial charge in [0.05, 0.1) is 189 Å². The monoisotopic (exact) mass is 1740 g/mol. The second-order valence-corrected chi connectivity index (χ2v) is 29.4. The lowest BCUT2D eigenvalue weighted by atomic mass is 10.0. The van der Waals surface area contributed by atoms with Gasteiger partial charge in [0, 0.05) is 130 Å². The molecule has 2 aliphatic carbocycles. The fourth-order valence-electron chi connectivity index (χ4n) is 11.7. The normalized spacial score (nSPS) is 15.5. The van der Waals surface area contributed by atoms with Crippen LogP contribution in [0.2, 0.25) is 0 Å². The number of nitrogens with zero attached hydrogens (tertiary/aromatic N) is 3. The van der Waals surface area contributed by atoms with Crippen LogP contribution in [-0.4, -0.2) is 326 Å². The summed E-state index contributed by atoms with van der Waals surface area (Å²) in [6, 6.07) is 1.95. The summed E-state index contributed by atoms with van der Waals surface area (Å²) in [7, 11) is 4.48. The van der Waals surface area contributed by atoms with Gasteiger partial charge in [0.15, 0.2) is 46.1 Å². The highest BCUT2D eigenvalue weighted by atomic mass is 32.2. The fraction of sp³-hybridized carbons (Fsp3) is 0.688. The van der Waals surface area contributed by atoms with Gasteiger partial charge in [-0.15, -0.1) is 0 Å². The molecule has 43 heteroatoms. The molecule has 120 heavy (non-hydrogen) atoms. The van der Waals surface area contributed by atoms with Gasteiger partial charge in [0.2, 0.25) is 47.3 Å². The van der Waals surface area contributed by atoms with Gasteiger partial charge in [-0.3, -0.25) is 77.8 Å². The molecule has 0 saturated heterocycles. The van der Waals surface area contributed by atoms with Crippen molar-refractivity contribution in [1.82, 2.24) is 58.1 Å². The minimum atomic E-state index is -0.842. The number of hydrogen-bond donors (Lipinski definition) is 10. The SMILES string of the molecule is COc1cc(C(C)NC(=O)CCOCCOCCOCCOCCNC(=O)CCNC2C(=O)CC(SC)C2=O)c([N+](=O)[O-])cc1OCCCC(=O)NCCNC(=O)CCN(C)CCC(=O)NCCNC(=O)CCCOc1cc([N+](=O)[O-])c(C(C)NC(=O)CCOCCOCCOCCOCCNC(=O)CCNC2C(=O)CC(SC)C2=O)cc1OC. The third kappa shape index (κ3) is 42.6. The van der Waals surface area contributed by atoms with E-state index in [0.29, 0.717) is 79.0 Å². The quantitative estimate of drug-likeness (QED) is 0.0186. The van der Waals surface area contributed by atoms with Gasteiger partial charge in [-0.2, -0.15) is 23.5 Å². The first kappa shape index (κ1) is 103. The predicted molar refractivity (Wildman–Crippen MR) is 439 cm³/mol. The van der Waals surface area contributed by atoms with E-state index in [1.165, 1.54) is 62.0 Å². The summed E-state index contributed by atoms with van der Waals surface area (Å²) < 4.78 is 66.4. The van der Waals surface area contributed by atoms with Crippen molar-refractivity contribution >= 4 is 105 Å². The molecule has 2 aromatic rings. The fourth-order valence-corrected chi connectivity index (χ4v) is 13.1. The van der Waals surface area contributed by atoms with Crippen LogP contribution in [0.3, 0.4) is 0 Å². The molecular formula is C77H121N13O28S2. The molecule has 6 atom stereocenters. The van der Waals surface area contributed by atoms with Crippen molar-refractivity contribution in [3.05, 3.63) is 55.6 Å². The Balaban J connectivity index is 0.941. The zero-order chi connectivity index (χ0) is 87.8. The molecule has 8 amide bonds. The topological polar surface area (TPSA) is 525 Å². The Labute approximate surface area is 706 Å². The Morgan fingerprint density at radius 3 is 1.01 bits per heavy atom. The highest BCUT2D eigenvalue weighted by molar-refractivity contribution is 8.00. The number of thioether (sulfide) groups is 2. The molecule has 0 bridgehead atoms. The Bertz CT molecular complexity index is 3350. The number of nitrogens with one attached hydrogen (secondary N) is 10. The highest BCUT2D eigenvalue weighted by Gasteiger charge is 2.41. The molecule has 2 fully saturated rings. The average Bonchev–Trinajstić information content (AvgIpc) is 1.23. The maximum absolute atomic E-state index is 12.8. The van der Waals surface area contributed by atoms with E-state index in [2.05, 4.69) is 53.2 Å². The third-order valence-corrected chi connectivity index (χ3v) is 20.1. The summed E-state index contributed by atoms with van der Waals surface area (Å²) in [6.07, 6.45) is 5.02. The molecule has 2 saturated carbocycles. The molecule has 0 aromatic heterocycles. The maximum atomic E-state index is 12.8. The van der Waals surface area contributed by atoms with Crippen LogP contribution in [0.25, 0.3) is 0 Å². The molecule has 0 radical (unpaired) electrons. The smallest absolute Gasteiger partial charge is 0.278 e. The number of hydrogen-bond acceptors (Lipinski definition) is 33. The summed E-state index contributed by atoms with van der Waals surface area (Å²) in [5.74, 6) is -2.54. The van der Waals surface area contributed by atoms with Crippen molar-refractivity contribution < 1.29 is 124 Å². The number of carbonyl (C=O) groups is 12.